The third-order valence-corrected chi connectivity index (χ3v) is 4.03. The standard InChI is InChI=1S/C15H15FOS/c1-11-5-2-3-6-12(11)10-18-15-8-4-7-14(16)13(15)9-17/h2-8,17H,9-10H2,1H3. The topological polar surface area (TPSA) is 20.2 Å². The van der Waals surface area contributed by atoms with E-state index in [1.54, 1.807) is 17.8 Å². The van der Waals surface area contributed by atoms with Crippen LogP contribution in [-0.2, 0) is 12.4 Å². The molecule has 0 aliphatic carbocycles. The summed E-state index contributed by atoms with van der Waals surface area (Å²) in [5.41, 5.74) is 2.85. The fourth-order valence-corrected chi connectivity index (χ4v) is 2.90. The normalized spacial score (nSPS) is 10.6. The summed E-state index contributed by atoms with van der Waals surface area (Å²) in [5.74, 6) is 0.440. The number of rotatable bonds is 4. The zero-order valence-corrected chi connectivity index (χ0v) is 11.0. The first kappa shape index (κ1) is 13.1. The van der Waals surface area contributed by atoms with Crippen LogP contribution in [0.5, 0.6) is 0 Å². The van der Waals surface area contributed by atoms with Gasteiger partial charge in [-0.3, -0.25) is 0 Å². The number of thioether (sulfide) groups is 1. The van der Waals surface area contributed by atoms with E-state index in [2.05, 4.69) is 19.1 Å². The van der Waals surface area contributed by atoms with Gasteiger partial charge in [0.1, 0.15) is 5.82 Å². The van der Waals surface area contributed by atoms with Crippen molar-refractivity contribution in [3.05, 3.63) is 65.0 Å². The average molecular weight is 262 g/mol. The molecule has 0 saturated heterocycles. The molecule has 3 heteroatoms. The molecular formula is C15H15FOS. The van der Waals surface area contributed by atoms with Crippen molar-refractivity contribution in [2.24, 2.45) is 0 Å². The first-order valence-corrected chi connectivity index (χ1v) is 6.76. The molecule has 2 aromatic rings. The van der Waals surface area contributed by atoms with E-state index in [1.807, 2.05) is 18.2 Å². The quantitative estimate of drug-likeness (QED) is 0.843. The van der Waals surface area contributed by atoms with Gasteiger partial charge >= 0.3 is 0 Å². The van der Waals surface area contributed by atoms with Crippen LogP contribution in [0.1, 0.15) is 16.7 Å². The molecule has 18 heavy (non-hydrogen) atoms. The molecule has 1 nitrogen and oxygen atoms in total. The summed E-state index contributed by atoms with van der Waals surface area (Å²) in [5, 5.41) is 9.20. The van der Waals surface area contributed by atoms with E-state index < -0.39 is 0 Å². The molecule has 0 radical (unpaired) electrons. The maximum atomic E-state index is 13.5. The van der Waals surface area contributed by atoms with E-state index in [0.29, 0.717) is 5.56 Å². The van der Waals surface area contributed by atoms with E-state index in [9.17, 15) is 9.50 Å². The number of aliphatic hydroxyl groups excluding tert-OH is 1. The number of aryl methyl sites for hydroxylation is 1. The van der Waals surface area contributed by atoms with Crippen molar-refractivity contribution in [1.82, 2.24) is 0 Å². The van der Waals surface area contributed by atoms with Crippen LogP contribution >= 0.6 is 11.8 Å². The molecule has 0 aliphatic heterocycles. The Bertz CT molecular complexity index is 540. The molecule has 0 fully saturated rings. The SMILES string of the molecule is Cc1ccccc1CSc1cccc(F)c1CO. The predicted molar refractivity (Wildman–Crippen MR) is 73.1 cm³/mol. The van der Waals surface area contributed by atoms with Gasteiger partial charge in [0.15, 0.2) is 0 Å². The van der Waals surface area contributed by atoms with Crippen molar-refractivity contribution in [1.29, 1.82) is 0 Å². The van der Waals surface area contributed by atoms with Gasteiger partial charge in [-0.2, -0.15) is 0 Å². The van der Waals surface area contributed by atoms with Gasteiger partial charge in [-0.15, -0.1) is 11.8 Å². The van der Waals surface area contributed by atoms with Crippen molar-refractivity contribution in [3.63, 3.8) is 0 Å². The van der Waals surface area contributed by atoms with Crippen LogP contribution in [0.4, 0.5) is 4.39 Å². The highest BCUT2D eigenvalue weighted by Crippen LogP contribution is 2.28. The van der Waals surface area contributed by atoms with Crippen molar-refractivity contribution < 1.29 is 9.50 Å². The molecule has 94 valence electrons. The lowest BCUT2D eigenvalue weighted by Crippen LogP contribution is -1.93. The van der Waals surface area contributed by atoms with Crippen LogP contribution in [0, 0.1) is 12.7 Å². The largest absolute Gasteiger partial charge is 0.392 e. The lowest BCUT2D eigenvalue weighted by Gasteiger charge is -2.09. The van der Waals surface area contributed by atoms with Crippen molar-refractivity contribution >= 4 is 11.8 Å². The maximum Gasteiger partial charge on any atom is 0.129 e. The molecule has 0 aromatic heterocycles. The number of hydrogen-bond acceptors (Lipinski definition) is 2. The van der Waals surface area contributed by atoms with Crippen LogP contribution < -0.4 is 0 Å². The van der Waals surface area contributed by atoms with E-state index in [1.165, 1.54) is 17.2 Å². The molecule has 1 N–H and O–H groups in total. The fraction of sp³-hybridized carbons (Fsp3) is 0.200. The zero-order chi connectivity index (χ0) is 13.0. The van der Waals surface area contributed by atoms with Crippen LogP contribution in [-0.4, -0.2) is 5.11 Å². The molecule has 0 aliphatic rings. The third-order valence-electron chi connectivity index (χ3n) is 2.88. The maximum absolute atomic E-state index is 13.5. The smallest absolute Gasteiger partial charge is 0.129 e. The zero-order valence-electron chi connectivity index (χ0n) is 10.2. The highest BCUT2D eigenvalue weighted by atomic mass is 32.2. The Balaban J connectivity index is 2.16. The second-order valence-electron chi connectivity index (χ2n) is 4.09. The Labute approximate surface area is 111 Å². The first-order valence-electron chi connectivity index (χ1n) is 5.78. The molecule has 0 saturated carbocycles. The average Bonchev–Trinajstić information content (AvgIpc) is 2.38. The van der Waals surface area contributed by atoms with Crippen molar-refractivity contribution in [2.45, 2.75) is 24.2 Å². The predicted octanol–water partition coefficient (Wildman–Crippen LogP) is 3.92. The lowest BCUT2D eigenvalue weighted by molar-refractivity contribution is 0.272. The van der Waals surface area contributed by atoms with E-state index >= 15 is 0 Å². The summed E-state index contributed by atoms with van der Waals surface area (Å²) in [6.07, 6.45) is 0. The van der Waals surface area contributed by atoms with Crippen molar-refractivity contribution in [3.8, 4) is 0 Å². The van der Waals surface area contributed by atoms with Crippen LogP contribution in [0.2, 0.25) is 0 Å². The third kappa shape index (κ3) is 2.92. The van der Waals surface area contributed by atoms with Crippen LogP contribution in [0.15, 0.2) is 47.4 Å². The van der Waals surface area contributed by atoms with Gasteiger partial charge in [-0.25, -0.2) is 4.39 Å². The van der Waals surface area contributed by atoms with E-state index in [4.69, 9.17) is 0 Å². The van der Waals surface area contributed by atoms with Gasteiger partial charge in [0.2, 0.25) is 0 Å². The van der Waals surface area contributed by atoms with Gasteiger partial charge in [-0.05, 0) is 30.2 Å². The Hall–Kier alpha value is -1.32. The molecule has 0 heterocycles. The minimum absolute atomic E-state index is 0.261. The molecule has 0 atom stereocenters. The molecule has 2 rings (SSSR count). The van der Waals surface area contributed by atoms with Crippen LogP contribution in [0.3, 0.4) is 0 Å². The Morgan fingerprint density at radius 1 is 1.11 bits per heavy atom. The van der Waals surface area contributed by atoms with Crippen LogP contribution in [0.25, 0.3) is 0 Å². The second-order valence-corrected chi connectivity index (χ2v) is 5.11. The Morgan fingerprint density at radius 2 is 1.89 bits per heavy atom. The molecule has 0 unspecified atom stereocenters. The summed E-state index contributed by atoms with van der Waals surface area (Å²) in [4.78, 5) is 0.806. The van der Waals surface area contributed by atoms with Gasteiger partial charge in [0, 0.05) is 16.2 Å². The minimum atomic E-state index is -0.340. The fourth-order valence-electron chi connectivity index (χ4n) is 1.76. The monoisotopic (exact) mass is 262 g/mol. The molecule has 0 bridgehead atoms. The number of benzene rings is 2. The summed E-state index contributed by atoms with van der Waals surface area (Å²) < 4.78 is 13.5. The lowest BCUT2D eigenvalue weighted by atomic mass is 10.1. The van der Waals surface area contributed by atoms with E-state index in [-0.39, 0.29) is 12.4 Å². The van der Waals surface area contributed by atoms with E-state index in [0.717, 1.165) is 10.6 Å². The second kappa shape index (κ2) is 6.03. The summed E-state index contributed by atoms with van der Waals surface area (Å²) >= 11 is 1.55. The highest BCUT2D eigenvalue weighted by molar-refractivity contribution is 7.98. The minimum Gasteiger partial charge on any atom is -0.392 e. The molecule has 0 spiro atoms. The van der Waals surface area contributed by atoms with Gasteiger partial charge in [0.05, 0.1) is 6.61 Å². The summed E-state index contributed by atoms with van der Waals surface area (Å²) in [7, 11) is 0. The van der Waals surface area contributed by atoms with Gasteiger partial charge in [-0.1, -0.05) is 30.3 Å². The first-order chi connectivity index (χ1) is 8.72. The van der Waals surface area contributed by atoms with Gasteiger partial charge in [0.25, 0.3) is 0 Å². The summed E-state index contributed by atoms with van der Waals surface area (Å²) in [6, 6.07) is 13.0. The highest BCUT2D eigenvalue weighted by Gasteiger charge is 2.08. The molecule has 0 amide bonds. The summed E-state index contributed by atoms with van der Waals surface area (Å²) in [6.45, 7) is 1.80. The Kier molecular flexibility index (Phi) is 4.39. The number of hydrogen-bond donors (Lipinski definition) is 1. The number of halogens is 1. The molecular weight excluding hydrogens is 247 g/mol. The Morgan fingerprint density at radius 3 is 2.61 bits per heavy atom. The van der Waals surface area contributed by atoms with Crippen molar-refractivity contribution in [2.75, 3.05) is 0 Å². The molecule has 2 aromatic carbocycles. The van der Waals surface area contributed by atoms with Gasteiger partial charge < -0.3 is 5.11 Å². The number of aliphatic hydroxyl groups is 1.